The Balaban J connectivity index is 3.30. The van der Waals surface area contributed by atoms with Crippen molar-refractivity contribution < 1.29 is 14.6 Å². The fraction of sp³-hybridized carbons (Fsp3) is 0.667. The van der Waals surface area contributed by atoms with Gasteiger partial charge in [-0.3, -0.25) is 4.79 Å². The van der Waals surface area contributed by atoms with Crippen molar-refractivity contribution in [3.8, 4) is 0 Å². The third kappa shape index (κ3) is 5.92. The molecule has 0 aromatic carbocycles. The van der Waals surface area contributed by atoms with Gasteiger partial charge < -0.3 is 9.84 Å². The van der Waals surface area contributed by atoms with Gasteiger partial charge in [0.25, 0.3) is 0 Å². The lowest BCUT2D eigenvalue weighted by Crippen LogP contribution is -2.06. The minimum absolute atomic E-state index is 0.200. The van der Waals surface area contributed by atoms with Crippen molar-refractivity contribution in [3.05, 3.63) is 12.7 Å². The topological polar surface area (TPSA) is 46.5 Å². The predicted octanol–water partition coefficient (Wildman–Crippen LogP) is 1.27. The molecule has 0 aliphatic carbocycles. The van der Waals surface area contributed by atoms with Crippen molar-refractivity contribution in [1.82, 2.24) is 0 Å². The van der Waals surface area contributed by atoms with E-state index in [1.54, 1.807) is 6.92 Å². The van der Waals surface area contributed by atoms with E-state index < -0.39 is 6.10 Å². The molecule has 3 nitrogen and oxygen atoms in total. The second kappa shape index (κ2) is 6.85. The van der Waals surface area contributed by atoms with Crippen molar-refractivity contribution >= 4 is 5.97 Å². The van der Waals surface area contributed by atoms with E-state index in [1.165, 1.54) is 6.08 Å². The van der Waals surface area contributed by atoms with Crippen LogP contribution in [0.4, 0.5) is 0 Å². The van der Waals surface area contributed by atoms with Gasteiger partial charge in [0, 0.05) is 6.42 Å². The van der Waals surface area contributed by atoms with E-state index in [0.717, 1.165) is 0 Å². The Morgan fingerprint density at radius 3 is 2.92 bits per heavy atom. The number of aliphatic hydroxyl groups is 1. The van der Waals surface area contributed by atoms with Gasteiger partial charge in [-0.1, -0.05) is 6.08 Å². The molecule has 0 amide bonds. The van der Waals surface area contributed by atoms with E-state index in [-0.39, 0.29) is 5.97 Å². The van der Waals surface area contributed by atoms with Crippen molar-refractivity contribution in [3.63, 3.8) is 0 Å². The Morgan fingerprint density at radius 2 is 2.42 bits per heavy atom. The zero-order valence-electron chi connectivity index (χ0n) is 7.45. The SMILES string of the molecule is C=C[C@H](O)CCCC(=O)OCC. The van der Waals surface area contributed by atoms with Gasteiger partial charge in [0.1, 0.15) is 0 Å². The zero-order chi connectivity index (χ0) is 9.40. The van der Waals surface area contributed by atoms with Gasteiger partial charge in [-0.2, -0.15) is 0 Å². The summed E-state index contributed by atoms with van der Waals surface area (Å²) in [5, 5.41) is 9.03. The largest absolute Gasteiger partial charge is 0.466 e. The normalized spacial score (nSPS) is 12.2. The van der Waals surface area contributed by atoms with Crippen LogP contribution in [0.2, 0.25) is 0 Å². The summed E-state index contributed by atoms with van der Waals surface area (Å²) < 4.78 is 4.71. The van der Waals surface area contributed by atoms with Gasteiger partial charge in [-0.15, -0.1) is 6.58 Å². The Hall–Kier alpha value is -0.830. The van der Waals surface area contributed by atoms with Crippen LogP contribution in [0.3, 0.4) is 0 Å². The quantitative estimate of drug-likeness (QED) is 0.484. The van der Waals surface area contributed by atoms with Crippen LogP contribution in [0.25, 0.3) is 0 Å². The lowest BCUT2D eigenvalue weighted by Gasteiger charge is -2.03. The molecule has 0 saturated heterocycles. The van der Waals surface area contributed by atoms with Gasteiger partial charge in [-0.25, -0.2) is 0 Å². The highest BCUT2D eigenvalue weighted by molar-refractivity contribution is 5.69. The molecule has 12 heavy (non-hydrogen) atoms. The first-order valence-corrected chi connectivity index (χ1v) is 4.17. The maximum atomic E-state index is 10.8. The highest BCUT2D eigenvalue weighted by atomic mass is 16.5. The highest BCUT2D eigenvalue weighted by Gasteiger charge is 2.03. The van der Waals surface area contributed by atoms with Crippen LogP contribution < -0.4 is 0 Å². The molecular weight excluding hydrogens is 156 g/mol. The molecule has 0 saturated carbocycles. The Morgan fingerprint density at radius 1 is 1.75 bits per heavy atom. The van der Waals surface area contributed by atoms with Gasteiger partial charge in [0.2, 0.25) is 0 Å². The van der Waals surface area contributed by atoms with Crippen molar-refractivity contribution in [2.45, 2.75) is 32.3 Å². The van der Waals surface area contributed by atoms with Crippen LogP contribution in [0.15, 0.2) is 12.7 Å². The van der Waals surface area contributed by atoms with Crippen LogP contribution in [-0.2, 0) is 9.53 Å². The maximum absolute atomic E-state index is 10.8. The monoisotopic (exact) mass is 172 g/mol. The minimum atomic E-state index is -0.501. The summed E-state index contributed by atoms with van der Waals surface area (Å²) in [5.41, 5.74) is 0. The first-order valence-electron chi connectivity index (χ1n) is 4.17. The molecule has 0 bridgehead atoms. The molecule has 1 N–H and O–H groups in total. The number of hydrogen-bond acceptors (Lipinski definition) is 3. The van der Waals surface area contributed by atoms with Crippen LogP contribution in [0.5, 0.6) is 0 Å². The van der Waals surface area contributed by atoms with E-state index in [9.17, 15) is 4.79 Å². The molecule has 1 atom stereocenters. The fourth-order valence-electron chi connectivity index (χ4n) is 0.807. The number of ether oxygens (including phenoxy) is 1. The summed E-state index contributed by atoms with van der Waals surface area (Å²) in [6.07, 6.45) is 2.55. The first-order chi connectivity index (χ1) is 5.70. The molecule has 3 heteroatoms. The van der Waals surface area contributed by atoms with E-state index in [0.29, 0.717) is 25.9 Å². The number of carbonyl (C=O) groups is 1. The Labute approximate surface area is 73.0 Å². The molecule has 0 aromatic heterocycles. The fourth-order valence-corrected chi connectivity index (χ4v) is 0.807. The average molecular weight is 172 g/mol. The summed E-state index contributed by atoms with van der Waals surface area (Å²) in [7, 11) is 0. The van der Waals surface area contributed by atoms with Crippen LogP contribution in [0, 0.1) is 0 Å². The van der Waals surface area contributed by atoms with Gasteiger partial charge in [0.15, 0.2) is 0 Å². The Kier molecular flexibility index (Phi) is 6.38. The van der Waals surface area contributed by atoms with Gasteiger partial charge in [0.05, 0.1) is 12.7 Å². The molecule has 0 aliphatic heterocycles. The van der Waals surface area contributed by atoms with Crippen molar-refractivity contribution in [2.24, 2.45) is 0 Å². The van der Waals surface area contributed by atoms with Gasteiger partial charge in [-0.05, 0) is 19.8 Å². The minimum Gasteiger partial charge on any atom is -0.466 e. The highest BCUT2D eigenvalue weighted by Crippen LogP contribution is 2.02. The second-order valence-electron chi connectivity index (χ2n) is 2.50. The number of carbonyl (C=O) groups excluding carboxylic acids is 1. The summed E-state index contributed by atoms with van der Waals surface area (Å²) >= 11 is 0. The number of rotatable bonds is 6. The summed E-state index contributed by atoms with van der Waals surface area (Å²) in [5.74, 6) is -0.200. The molecular formula is C9H16O3. The lowest BCUT2D eigenvalue weighted by molar-refractivity contribution is -0.143. The van der Waals surface area contributed by atoms with Crippen LogP contribution in [-0.4, -0.2) is 23.8 Å². The zero-order valence-corrected chi connectivity index (χ0v) is 7.45. The standard InChI is InChI=1S/C9H16O3/c1-3-8(10)6-5-7-9(11)12-4-2/h3,8,10H,1,4-7H2,2H3/t8-/m0/s1. The third-order valence-corrected chi connectivity index (χ3v) is 1.46. The van der Waals surface area contributed by atoms with E-state index in [2.05, 4.69) is 6.58 Å². The van der Waals surface area contributed by atoms with Gasteiger partial charge >= 0.3 is 5.97 Å². The maximum Gasteiger partial charge on any atom is 0.305 e. The van der Waals surface area contributed by atoms with Crippen LogP contribution >= 0.6 is 0 Å². The van der Waals surface area contributed by atoms with Crippen molar-refractivity contribution in [1.29, 1.82) is 0 Å². The molecule has 0 aromatic rings. The molecule has 0 heterocycles. The average Bonchev–Trinajstić information content (AvgIpc) is 2.04. The molecule has 0 fully saturated rings. The molecule has 0 aliphatic rings. The van der Waals surface area contributed by atoms with E-state index in [1.807, 2.05) is 0 Å². The molecule has 0 spiro atoms. The number of aliphatic hydroxyl groups excluding tert-OH is 1. The van der Waals surface area contributed by atoms with E-state index in [4.69, 9.17) is 9.84 Å². The smallest absolute Gasteiger partial charge is 0.305 e. The molecule has 0 unspecified atom stereocenters. The Bertz CT molecular complexity index is 143. The summed E-state index contributed by atoms with van der Waals surface area (Å²) in [4.78, 5) is 10.8. The summed E-state index contributed by atoms with van der Waals surface area (Å²) in [6.45, 7) is 5.62. The predicted molar refractivity (Wildman–Crippen MR) is 46.7 cm³/mol. The third-order valence-electron chi connectivity index (χ3n) is 1.46. The number of esters is 1. The van der Waals surface area contributed by atoms with Crippen LogP contribution in [0.1, 0.15) is 26.2 Å². The molecule has 0 radical (unpaired) electrons. The van der Waals surface area contributed by atoms with Crippen molar-refractivity contribution in [2.75, 3.05) is 6.61 Å². The lowest BCUT2D eigenvalue weighted by atomic mass is 10.1. The number of hydrogen-bond donors (Lipinski definition) is 1. The summed E-state index contributed by atoms with van der Waals surface area (Å²) in [6, 6.07) is 0. The molecule has 70 valence electrons. The van der Waals surface area contributed by atoms with E-state index >= 15 is 0 Å². The first kappa shape index (κ1) is 11.2. The molecule has 0 rings (SSSR count). The second-order valence-corrected chi connectivity index (χ2v) is 2.50.